The Morgan fingerprint density at radius 1 is 1.20 bits per heavy atom. The maximum atomic E-state index is 6.34. The Bertz CT molecular complexity index is 590. The van der Waals surface area contributed by atoms with Gasteiger partial charge in [0.05, 0.1) is 23.2 Å². The number of nitrogens with zero attached hydrogens (tertiary/aromatic N) is 1. The molecule has 0 bridgehead atoms. The molecule has 20 heavy (non-hydrogen) atoms. The average Bonchev–Trinajstić information content (AvgIpc) is 2.48. The number of ether oxygens (including phenoxy) is 1. The highest BCUT2D eigenvalue weighted by molar-refractivity contribution is 6.42. The number of hydrogen-bond donors (Lipinski definition) is 1. The lowest BCUT2D eigenvalue weighted by Crippen LogP contribution is -2.23. The minimum absolute atomic E-state index is 0.116. The fourth-order valence-corrected chi connectivity index (χ4v) is 2.55. The molecule has 5 heteroatoms. The number of methoxy groups -OCH3 is 1. The van der Waals surface area contributed by atoms with Crippen molar-refractivity contribution in [2.45, 2.75) is 13.0 Å². The molecule has 1 N–H and O–H groups in total. The SMILES string of the molecule is CCNC(c1cccnc1OC)c1cccc(Cl)c1Cl. The van der Waals surface area contributed by atoms with Gasteiger partial charge in [0.15, 0.2) is 0 Å². The van der Waals surface area contributed by atoms with Crippen molar-refractivity contribution in [1.82, 2.24) is 10.3 Å². The number of aromatic nitrogens is 1. The lowest BCUT2D eigenvalue weighted by atomic mass is 9.99. The van der Waals surface area contributed by atoms with Crippen LogP contribution >= 0.6 is 23.2 Å². The molecule has 1 aromatic heterocycles. The van der Waals surface area contributed by atoms with Crippen LogP contribution in [0.5, 0.6) is 5.88 Å². The van der Waals surface area contributed by atoms with Crippen LogP contribution < -0.4 is 10.1 Å². The molecule has 3 nitrogen and oxygen atoms in total. The highest BCUT2D eigenvalue weighted by Gasteiger charge is 2.21. The Morgan fingerprint density at radius 2 is 1.95 bits per heavy atom. The van der Waals surface area contributed by atoms with Crippen LogP contribution in [0.3, 0.4) is 0 Å². The van der Waals surface area contributed by atoms with Crippen molar-refractivity contribution >= 4 is 23.2 Å². The van der Waals surface area contributed by atoms with Crippen molar-refractivity contribution in [2.24, 2.45) is 0 Å². The van der Waals surface area contributed by atoms with Gasteiger partial charge in [0.25, 0.3) is 0 Å². The number of nitrogens with one attached hydrogen (secondary N) is 1. The van der Waals surface area contributed by atoms with Gasteiger partial charge in [-0.3, -0.25) is 0 Å². The van der Waals surface area contributed by atoms with E-state index in [9.17, 15) is 0 Å². The molecular formula is C15H16Cl2N2O. The molecule has 0 fully saturated rings. The second kappa shape index (κ2) is 6.93. The molecule has 1 heterocycles. The van der Waals surface area contributed by atoms with Crippen LogP contribution in [0.4, 0.5) is 0 Å². The first kappa shape index (κ1) is 15.1. The maximum absolute atomic E-state index is 6.34. The van der Waals surface area contributed by atoms with E-state index < -0.39 is 0 Å². The molecule has 0 spiro atoms. The first-order valence-corrected chi connectivity index (χ1v) is 7.10. The zero-order valence-corrected chi connectivity index (χ0v) is 12.9. The van der Waals surface area contributed by atoms with Crippen LogP contribution in [0.1, 0.15) is 24.1 Å². The summed E-state index contributed by atoms with van der Waals surface area (Å²) < 4.78 is 5.34. The maximum Gasteiger partial charge on any atom is 0.218 e. The van der Waals surface area contributed by atoms with Gasteiger partial charge < -0.3 is 10.1 Å². The molecule has 0 radical (unpaired) electrons. The Balaban J connectivity index is 2.53. The summed E-state index contributed by atoms with van der Waals surface area (Å²) in [6.07, 6.45) is 1.70. The molecule has 1 aromatic carbocycles. The first-order valence-electron chi connectivity index (χ1n) is 6.35. The van der Waals surface area contributed by atoms with E-state index >= 15 is 0 Å². The second-order valence-electron chi connectivity index (χ2n) is 4.24. The van der Waals surface area contributed by atoms with Gasteiger partial charge in [0.2, 0.25) is 5.88 Å². The van der Waals surface area contributed by atoms with Gasteiger partial charge in [-0.1, -0.05) is 48.3 Å². The van der Waals surface area contributed by atoms with E-state index in [-0.39, 0.29) is 6.04 Å². The normalized spacial score (nSPS) is 12.2. The molecule has 0 aliphatic carbocycles. The van der Waals surface area contributed by atoms with Crippen LogP contribution in [-0.2, 0) is 0 Å². The Morgan fingerprint density at radius 3 is 2.65 bits per heavy atom. The zero-order valence-electron chi connectivity index (χ0n) is 11.4. The van der Waals surface area contributed by atoms with E-state index in [1.807, 2.05) is 31.2 Å². The van der Waals surface area contributed by atoms with Crippen molar-refractivity contribution in [3.63, 3.8) is 0 Å². The summed E-state index contributed by atoms with van der Waals surface area (Å²) in [7, 11) is 1.61. The summed E-state index contributed by atoms with van der Waals surface area (Å²) in [6, 6.07) is 9.34. The molecule has 106 valence electrons. The molecule has 0 saturated heterocycles. The molecule has 2 aromatic rings. The van der Waals surface area contributed by atoms with Crippen molar-refractivity contribution in [3.05, 3.63) is 57.7 Å². The Hall–Kier alpha value is -1.29. The van der Waals surface area contributed by atoms with Gasteiger partial charge in [-0.05, 0) is 24.2 Å². The van der Waals surface area contributed by atoms with Gasteiger partial charge in [-0.25, -0.2) is 4.98 Å². The standard InChI is InChI=1S/C15H16Cl2N2O/c1-3-18-14(10-6-4-8-12(16)13(10)17)11-7-5-9-19-15(11)20-2/h4-9,14,18H,3H2,1-2H3. The summed E-state index contributed by atoms with van der Waals surface area (Å²) >= 11 is 12.4. The summed E-state index contributed by atoms with van der Waals surface area (Å²) in [5, 5.41) is 4.48. The van der Waals surface area contributed by atoms with E-state index in [2.05, 4.69) is 10.3 Å². The molecule has 0 aliphatic heterocycles. The van der Waals surface area contributed by atoms with E-state index in [4.69, 9.17) is 27.9 Å². The third-order valence-corrected chi connectivity index (χ3v) is 3.84. The van der Waals surface area contributed by atoms with E-state index in [1.165, 1.54) is 0 Å². The Kier molecular flexibility index (Phi) is 5.24. The fourth-order valence-electron chi connectivity index (χ4n) is 2.13. The van der Waals surface area contributed by atoms with Crippen LogP contribution in [0.2, 0.25) is 10.0 Å². The number of pyridine rings is 1. The van der Waals surface area contributed by atoms with Crippen molar-refractivity contribution < 1.29 is 4.74 Å². The largest absolute Gasteiger partial charge is 0.481 e. The minimum atomic E-state index is -0.116. The third kappa shape index (κ3) is 3.06. The summed E-state index contributed by atoms with van der Waals surface area (Å²) in [6.45, 7) is 2.82. The van der Waals surface area contributed by atoms with Gasteiger partial charge in [-0.2, -0.15) is 0 Å². The fraction of sp³-hybridized carbons (Fsp3) is 0.267. The summed E-state index contributed by atoms with van der Waals surface area (Å²) in [4.78, 5) is 4.24. The van der Waals surface area contributed by atoms with E-state index in [1.54, 1.807) is 19.4 Å². The van der Waals surface area contributed by atoms with Gasteiger partial charge >= 0.3 is 0 Å². The van der Waals surface area contributed by atoms with Crippen LogP contribution in [-0.4, -0.2) is 18.6 Å². The lowest BCUT2D eigenvalue weighted by Gasteiger charge is -2.21. The summed E-state index contributed by atoms with van der Waals surface area (Å²) in [5.74, 6) is 0.578. The highest BCUT2D eigenvalue weighted by Crippen LogP contribution is 2.35. The molecular weight excluding hydrogens is 295 g/mol. The van der Waals surface area contributed by atoms with Gasteiger partial charge in [0.1, 0.15) is 0 Å². The smallest absolute Gasteiger partial charge is 0.218 e. The van der Waals surface area contributed by atoms with E-state index in [0.29, 0.717) is 15.9 Å². The van der Waals surface area contributed by atoms with Gasteiger partial charge in [-0.15, -0.1) is 0 Å². The average molecular weight is 311 g/mol. The molecule has 0 saturated carbocycles. The number of rotatable bonds is 5. The number of benzene rings is 1. The molecule has 1 atom stereocenters. The minimum Gasteiger partial charge on any atom is -0.481 e. The topological polar surface area (TPSA) is 34.2 Å². The molecule has 1 unspecified atom stereocenters. The van der Waals surface area contributed by atoms with Crippen LogP contribution in [0.15, 0.2) is 36.5 Å². The van der Waals surface area contributed by atoms with Crippen molar-refractivity contribution in [3.8, 4) is 5.88 Å². The zero-order chi connectivity index (χ0) is 14.5. The molecule has 2 rings (SSSR count). The number of halogens is 2. The predicted octanol–water partition coefficient (Wildman–Crippen LogP) is 4.10. The lowest BCUT2D eigenvalue weighted by molar-refractivity contribution is 0.387. The second-order valence-corrected chi connectivity index (χ2v) is 5.02. The molecule has 0 amide bonds. The van der Waals surface area contributed by atoms with Crippen molar-refractivity contribution in [1.29, 1.82) is 0 Å². The highest BCUT2D eigenvalue weighted by atomic mass is 35.5. The van der Waals surface area contributed by atoms with E-state index in [0.717, 1.165) is 17.7 Å². The monoisotopic (exact) mass is 310 g/mol. The summed E-state index contributed by atoms with van der Waals surface area (Å²) in [5.41, 5.74) is 1.84. The van der Waals surface area contributed by atoms with Crippen LogP contribution in [0.25, 0.3) is 0 Å². The first-order chi connectivity index (χ1) is 9.69. The molecule has 0 aliphatic rings. The predicted molar refractivity (Wildman–Crippen MR) is 82.8 cm³/mol. The number of hydrogen-bond acceptors (Lipinski definition) is 3. The van der Waals surface area contributed by atoms with Gasteiger partial charge in [0, 0.05) is 11.8 Å². The third-order valence-electron chi connectivity index (χ3n) is 3.01. The van der Waals surface area contributed by atoms with Crippen molar-refractivity contribution in [2.75, 3.05) is 13.7 Å². The van der Waals surface area contributed by atoms with Crippen LogP contribution in [0, 0.1) is 0 Å². The Labute approximate surface area is 128 Å². The quantitative estimate of drug-likeness (QED) is 0.903.